The second-order valence-electron chi connectivity index (χ2n) is 18.4. The lowest BCUT2D eigenvalue weighted by Crippen LogP contribution is -2.22. The van der Waals surface area contributed by atoms with E-state index < -0.39 is 17.6 Å². The Morgan fingerprint density at radius 2 is 1.05 bits per heavy atom. The summed E-state index contributed by atoms with van der Waals surface area (Å²) in [6.07, 6.45) is 11.1. The second kappa shape index (κ2) is 23.3. The SMILES string of the molecule is COC(=O)c1ccc(-c2cnc3c(NCC4CCOCC4)cc(Oc4ccc(OC)c(F)c4)cn23)cc1C.COc1ccc(Oc2cc(NCC3CCOCC3)c3ncc(-c4ccc(C(=O)O)c(C)c4)n3c2)cc1F. The van der Waals surface area contributed by atoms with Gasteiger partial charge >= 0.3 is 11.9 Å². The Balaban J connectivity index is 0.000000184. The van der Waals surface area contributed by atoms with Crippen molar-refractivity contribution < 1.29 is 56.6 Å². The number of carbonyl (C=O) groups excluding carboxylic acids is 1. The molecule has 6 heterocycles. The number of methoxy groups -OCH3 is 3. The first-order chi connectivity index (χ1) is 36.4. The molecule has 18 heteroatoms. The number of ether oxygens (including phenoxy) is 7. The highest BCUT2D eigenvalue weighted by molar-refractivity contribution is 5.92. The maximum Gasteiger partial charge on any atom is 0.338 e. The molecule has 0 bridgehead atoms. The first kappa shape index (κ1) is 51.7. The molecule has 0 atom stereocenters. The van der Waals surface area contributed by atoms with Gasteiger partial charge in [0.25, 0.3) is 0 Å². The van der Waals surface area contributed by atoms with Gasteiger partial charge in [0.1, 0.15) is 23.0 Å². The molecule has 390 valence electrons. The Labute approximate surface area is 432 Å². The van der Waals surface area contributed by atoms with Crippen LogP contribution in [0.15, 0.2) is 110 Å². The molecule has 0 saturated carbocycles. The van der Waals surface area contributed by atoms with Crippen LogP contribution in [-0.2, 0) is 14.2 Å². The number of carbonyl (C=O) groups is 2. The quantitative estimate of drug-likeness (QED) is 0.0779. The smallest absolute Gasteiger partial charge is 0.338 e. The minimum atomic E-state index is -0.968. The average Bonchev–Trinajstić information content (AvgIpc) is 4.08. The third kappa shape index (κ3) is 11.9. The number of anilines is 2. The number of aromatic carboxylic acids is 1. The Morgan fingerprint density at radius 3 is 1.44 bits per heavy atom. The normalized spacial score (nSPS) is 14.0. The van der Waals surface area contributed by atoms with Crippen LogP contribution >= 0.6 is 0 Å². The summed E-state index contributed by atoms with van der Waals surface area (Å²) in [6, 6.07) is 23.4. The summed E-state index contributed by atoms with van der Waals surface area (Å²) in [5, 5.41) is 16.5. The summed E-state index contributed by atoms with van der Waals surface area (Å²) in [4.78, 5) is 32.9. The molecule has 2 aliphatic heterocycles. The zero-order valence-electron chi connectivity index (χ0n) is 42.3. The molecular formula is C57H58F2N6O10. The van der Waals surface area contributed by atoms with Crippen molar-refractivity contribution in [1.29, 1.82) is 0 Å². The van der Waals surface area contributed by atoms with Crippen molar-refractivity contribution in [2.75, 3.05) is 71.5 Å². The lowest BCUT2D eigenvalue weighted by atomic mass is 10.0. The fourth-order valence-electron chi connectivity index (χ4n) is 9.25. The first-order valence-electron chi connectivity index (χ1n) is 24.6. The number of aryl methyl sites for hydroxylation is 2. The van der Waals surface area contributed by atoms with E-state index in [0.717, 1.165) is 110 Å². The van der Waals surface area contributed by atoms with Gasteiger partial charge in [0, 0.05) is 74.9 Å². The number of imidazole rings is 2. The third-order valence-corrected chi connectivity index (χ3v) is 13.4. The lowest BCUT2D eigenvalue weighted by Gasteiger charge is -2.23. The number of hydrogen-bond acceptors (Lipinski definition) is 13. The van der Waals surface area contributed by atoms with E-state index in [9.17, 15) is 23.5 Å². The van der Waals surface area contributed by atoms with Gasteiger partial charge in [-0.2, -0.15) is 0 Å². The lowest BCUT2D eigenvalue weighted by molar-refractivity contribution is 0.0598. The minimum Gasteiger partial charge on any atom is -0.494 e. The minimum absolute atomic E-state index is 0.138. The van der Waals surface area contributed by atoms with E-state index in [1.807, 2.05) is 52.3 Å². The zero-order valence-corrected chi connectivity index (χ0v) is 42.3. The van der Waals surface area contributed by atoms with Crippen LogP contribution in [0.25, 0.3) is 33.8 Å². The Morgan fingerprint density at radius 1 is 0.613 bits per heavy atom. The van der Waals surface area contributed by atoms with Gasteiger partial charge in [-0.3, -0.25) is 8.80 Å². The number of carboxylic acid groups (broad SMARTS) is 1. The van der Waals surface area contributed by atoms with Crippen molar-refractivity contribution in [2.24, 2.45) is 11.8 Å². The van der Waals surface area contributed by atoms with Crippen LogP contribution < -0.4 is 29.6 Å². The molecule has 0 aliphatic carbocycles. The van der Waals surface area contributed by atoms with Gasteiger partial charge < -0.3 is 48.9 Å². The number of carboxylic acids is 1. The Hall–Kier alpha value is -8.22. The molecule has 2 fully saturated rings. The summed E-state index contributed by atoms with van der Waals surface area (Å²) in [5.74, 6) is 0.565. The van der Waals surface area contributed by atoms with Crippen molar-refractivity contribution >= 4 is 34.6 Å². The molecule has 0 spiro atoms. The number of aromatic nitrogens is 4. The van der Waals surface area contributed by atoms with Gasteiger partial charge in [0.2, 0.25) is 0 Å². The van der Waals surface area contributed by atoms with Crippen molar-refractivity contribution in [3.8, 4) is 57.0 Å². The number of esters is 1. The monoisotopic (exact) mass is 1020 g/mol. The molecule has 8 aromatic rings. The van der Waals surface area contributed by atoms with Crippen molar-refractivity contribution in [2.45, 2.75) is 39.5 Å². The number of nitrogens with zero attached hydrogens (tertiary/aromatic N) is 4. The van der Waals surface area contributed by atoms with Gasteiger partial charge in [0.05, 0.1) is 80.0 Å². The van der Waals surface area contributed by atoms with Gasteiger partial charge in [-0.15, -0.1) is 0 Å². The molecule has 2 aliphatic rings. The molecule has 3 N–H and O–H groups in total. The summed E-state index contributed by atoms with van der Waals surface area (Å²) < 4.78 is 70.5. The zero-order chi connectivity index (χ0) is 52.6. The van der Waals surface area contributed by atoms with Crippen LogP contribution in [0.1, 0.15) is 57.5 Å². The highest BCUT2D eigenvalue weighted by Gasteiger charge is 2.21. The van der Waals surface area contributed by atoms with E-state index in [0.29, 0.717) is 51.6 Å². The number of rotatable bonds is 16. The predicted molar refractivity (Wildman–Crippen MR) is 279 cm³/mol. The van der Waals surface area contributed by atoms with Crippen LogP contribution in [0.5, 0.6) is 34.5 Å². The molecule has 75 heavy (non-hydrogen) atoms. The predicted octanol–water partition coefficient (Wildman–Crippen LogP) is 11.7. The van der Waals surface area contributed by atoms with E-state index in [-0.39, 0.29) is 23.0 Å². The molecule has 0 radical (unpaired) electrons. The van der Waals surface area contributed by atoms with Crippen LogP contribution in [0.3, 0.4) is 0 Å². The van der Waals surface area contributed by atoms with E-state index in [2.05, 4.69) is 15.6 Å². The molecule has 0 amide bonds. The average molecular weight is 1030 g/mol. The van der Waals surface area contributed by atoms with E-state index in [1.54, 1.807) is 55.8 Å². The van der Waals surface area contributed by atoms with Crippen LogP contribution in [-0.4, -0.2) is 96.7 Å². The van der Waals surface area contributed by atoms with Gasteiger partial charge in [-0.25, -0.2) is 28.3 Å². The topological polar surface area (TPSA) is 178 Å². The van der Waals surface area contributed by atoms with Crippen LogP contribution in [0.2, 0.25) is 0 Å². The molecule has 2 saturated heterocycles. The first-order valence-corrected chi connectivity index (χ1v) is 24.6. The van der Waals surface area contributed by atoms with Crippen molar-refractivity contribution in [3.05, 3.63) is 144 Å². The Kier molecular flexibility index (Phi) is 16.1. The largest absolute Gasteiger partial charge is 0.494 e. The molecular weight excluding hydrogens is 967 g/mol. The summed E-state index contributed by atoms with van der Waals surface area (Å²) in [6.45, 7) is 8.21. The van der Waals surface area contributed by atoms with Crippen molar-refractivity contribution in [3.63, 3.8) is 0 Å². The molecule has 0 unspecified atom stereocenters. The highest BCUT2D eigenvalue weighted by Crippen LogP contribution is 2.36. The number of benzene rings is 4. The highest BCUT2D eigenvalue weighted by atomic mass is 19.1. The fourth-order valence-corrected chi connectivity index (χ4v) is 9.25. The molecule has 4 aromatic heterocycles. The molecule has 10 rings (SSSR count). The summed E-state index contributed by atoms with van der Waals surface area (Å²) >= 11 is 0. The van der Waals surface area contributed by atoms with E-state index in [4.69, 9.17) is 38.1 Å². The molecule has 16 nitrogen and oxygen atoms in total. The van der Waals surface area contributed by atoms with Gasteiger partial charge in [0.15, 0.2) is 34.4 Å². The summed E-state index contributed by atoms with van der Waals surface area (Å²) in [7, 11) is 4.20. The second-order valence-corrected chi connectivity index (χ2v) is 18.4. The number of pyridine rings is 2. The summed E-state index contributed by atoms with van der Waals surface area (Å²) in [5.41, 5.74) is 8.52. The fraction of sp³-hybridized carbons (Fsp3) is 0.298. The Bertz CT molecular complexity index is 3350. The van der Waals surface area contributed by atoms with Gasteiger partial charge in [-0.05, 0) is 111 Å². The maximum absolute atomic E-state index is 14.3. The standard InChI is InChI=1S/C29H30FN3O5.C28H28FN3O5/c1-18-12-20(4-6-23(18)29(34)36-3)26-16-32-28-25(31-15-19-8-10-37-11-9-19)14-22(17-33(26)28)38-21-5-7-27(35-2)24(30)13-21;1-17-11-19(3-5-22(17)28(33)34)25-15-31-27-24(30-14-18-7-9-36-10-8-18)13-21(16-32(25)27)37-20-4-6-26(35-2)23(29)12-20/h4-7,12-14,16-17,19,31H,8-11,15H2,1-3H3;3-6,11-13,15-16,18,30H,7-10,14H2,1-2H3,(H,33,34). The number of nitrogens with one attached hydrogen (secondary N) is 2. The van der Waals surface area contributed by atoms with E-state index in [1.165, 1.54) is 45.6 Å². The number of fused-ring (bicyclic) bond motifs is 2. The molecule has 4 aromatic carbocycles. The number of halogens is 2. The van der Waals surface area contributed by atoms with Crippen molar-refractivity contribution in [1.82, 2.24) is 18.8 Å². The van der Waals surface area contributed by atoms with Gasteiger partial charge in [-0.1, -0.05) is 12.1 Å². The van der Waals surface area contributed by atoms with Crippen LogP contribution in [0, 0.1) is 37.3 Å². The van der Waals surface area contributed by atoms with Crippen LogP contribution in [0.4, 0.5) is 20.2 Å². The van der Waals surface area contributed by atoms with E-state index >= 15 is 0 Å². The maximum atomic E-state index is 14.3. The third-order valence-electron chi connectivity index (χ3n) is 13.4. The number of hydrogen-bond donors (Lipinski definition) is 3.